The van der Waals surface area contributed by atoms with Gasteiger partial charge in [0.15, 0.2) is 0 Å². The first-order chi connectivity index (χ1) is 8.79. The van der Waals surface area contributed by atoms with Gasteiger partial charge in [-0.15, -0.1) is 0 Å². The molecule has 5 rings (SSSR count). The molecule has 1 atom stereocenters. The quantitative estimate of drug-likeness (QED) is 0.778. The van der Waals surface area contributed by atoms with E-state index in [2.05, 4.69) is 10.6 Å². The number of hydrogen-bond acceptors (Lipinski definition) is 2. The molecular formula is C15H24N2O. The Labute approximate surface area is 109 Å². The summed E-state index contributed by atoms with van der Waals surface area (Å²) < 4.78 is 0. The predicted molar refractivity (Wildman–Crippen MR) is 70.0 cm³/mol. The van der Waals surface area contributed by atoms with Crippen LogP contribution in [0.25, 0.3) is 0 Å². The van der Waals surface area contributed by atoms with Crippen LogP contribution in [0.1, 0.15) is 38.5 Å². The largest absolute Gasteiger partial charge is 0.353 e. The van der Waals surface area contributed by atoms with Crippen molar-refractivity contribution in [3.05, 3.63) is 0 Å². The first kappa shape index (κ1) is 11.3. The first-order valence-corrected chi connectivity index (χ1v) is 7.80. The summed E-state index contributed by atoms with van der Waals surface area (Å²) in [4.78, 5) is 11.9. The lowest BCUT2D eigenvalue weighted by Crippen LogP contribution is -2.55. The lowest BCUT2D eigenvalue weighted by Gasteiger charge is -2.55. The fourth-order valence-corrected chi connectivity index (χ4v) is 5.53. The van der Waals surface area contributed by atoms with Crippen molar-refractivity contribution in [2.45, 2.75) is 44.6 Å². The minimum Gasteiger partial charge on any atom is -0.353 e. The van der Waals surface area contributed by atoms with Gasteiger partial charge in [-0.05, 0) is 68.1 Å². The Kier molecular flexibility index (Phi) is 2.65. The van der Waals surface area contributed by atoms with Crippen LogP contribution in [-0.4, -0.2) is 25.0 Å². The van der Waals surface area contributed by atoms with Gasteiger partial charge >= 0.3 is 0 Å². The van der Waals surface area contributed by atoms with E-state index in [0.717, 1.165) is 49.1 Å². The highest BCUT2D eigenvalue weighted by Crippen LogP contribution is 2.57. The second-order valence-corrected chi connectivity index (χ2v) is 7.13. The van der Waals surface area contributed by atoms with E-state index >= 15 is 0 Å². The maximum atomic E-state index is 11.9. The molecule has 5 aliphatic rings. The van der Waals surface area contributed by atoms with Crippen molar-refractivity contribution in [2.24, 2.45) is 29.6 Å². The molecule has 4 bridgehead atoms. The van der Waals surface area contributed by atoms with Crippen LogP contribution in [0, 0.1) is 29.6 Å². The van der Waals surface area contributed by atoms with Gasteiger partial charge in [-0.3, -0.25) is 4.79 Å². The van der Waals surface area contributed by atoms with Crippen LogP contribution < -0.4 is 10.6 Å². The Bertz CT molecular complexity index is 326. The maximum Gasteiger partial charge on any atom is 0.237 e. The first-order valence-electron chi connectivity index (χ1n) is 7.80. The zero-order chi connectivity index (χ0) is 12.1. The normalized spacial score (nSPS) is 50.3. The molecule has 0 spiro atoms. The smallest absolute Gasteiger partial charge is 0.237 e. The molecule has 4 saturated carbocycles. The van der Waals surface area contributed by atoms with Gasteiger partial charge in [-0.2, -0.15) is 0 Å². The average molecular weight is 248 g/mol. The van der Waals surface area contributed by atoms with E-state index in [1.807, 2.05) is 0 Å². The molecule has 3 nitrogen and oxygen atoms in total. The molecule has 1 amide bonds. The molecule has 100 valence electrons. The van der Waals surface area contributed by atoms with Crippen molar-refractivity contribution >= 4 is 5.91 Å². The molecule has 5 fully saturated rings. The van der Waals surface area contributed by atoms with Crippen molar-refractivity contribution in [1.29, 1.82) is 0 Å². The van der Waals surface area contributed by atoms with Crippen molar-refractivity contribution in [1.82, 2.24) is 10.6 Å². The number of carbonyl (C=O) groups is 1. The van der Waals surface area contributed by atoms with Gasteiger partial charge in [-0.25, -0.2) is 0 Å². The second kappa shape index (κ2) is 4.22. The van der Waals surface area contributed by atoms with Crippen molar-refractivity contribution in [3.63, 3.8) is 0 Å². The Morgan fingerprint density at radius 3 is 2.22 bits per heavy atom. The molecule has 0 aromatic heterocycles. The summed E-state index contributed by atoms with van der Waals surface area (Å²) in [5, 5.41) is 6.42. The zero-order valence-corrected chi connectivity index (χ0v) is 11.0. The highest BCUT2D eigenvalue weighted by Gasteiger charge is 2.48. The molecule has 18 heavy (non-hydrogen) atoms. The van der Waals surface area contributed by atoms with Crippen LogP contribution in [0.4, 0.5) is 0 Å². The summed E-state index contributed by atoms with van der Waals surface area (Å²) in [6.07, 6.45) is 8.47. The molecule has 1 saturated heterocycles. The van der Waals surface area contributed by atoms with Gasteiger partial charge in [0.05, 0.1) is 6.04 Å². The third kappa shape index (κ3) is 1.78. The highest BCUT2D eigenvalue weighted by atomic mass is 16.2. The molecular weight excluding hydrogens is 224 g/mol. The Morgan fingerprint density at radius 1 is 0.944 bits per heavy atom. The molecule has 3 heteroatoms. The van der Waals surface area contributed by atoms with Gasteiger partial charge in [-0.1, -0.05) is 0 Å². The zero-order valence-electron chi connectivity index (χ0n) is 11.0. The van der Waals surface area contributed by atoms with Crippen LogP contribution in [-0.2, 0) is 4.79 Å². The van der Waals surface area contributed by atoms with E-state index in [1.165, 1.54) is 32.1 Å². The Hall–Kier alpha value is -0.570. The summed E-state index contributed by atoms with van der Waals surface area (Å²) in [6.45, 7) is 1.75. The van der Waals surface area contributed by atoms with Crippen LogP contribution in [0.5, 0.6) is 0 Å². The van der Waals surface area contributed by atoms with Crippen molar-refractivity contribution in [3.8, 4) is 0 Å². The molecule has 1 heterocycles. The number of piperazine rings is 1. The number of rotatable bonds is 2. The standard InChI is InChI=1S/C15H24N2O/c18-15-14(16-1-2-17-15)8-13-11-4-9-3-10(6-11)7-12(13)5-9/h9-14,16H,1-8H2,(H,17,18). The van der Waals surface area contributed by atoms with Gasteiger partial charge in [0.1, 0.15) is 0 Å². The second-order valence-electron chi connectivity index (χ2n) is 7.13. The number of hydrogen-bond donors (Lipinski definition) is 2. The minimum atomic E-state index is 0.0984. The van der Waals surface area contributed by atoms with E-state index in [4.69, 9.17) is 0 Å². The van der Waals surface area contributed by atoms with Crippen LogP contribution in [0.2, 0.25) is 0 Å². The third-order valence-electron chi connectivity index (χ3n) is 6.06. The number of carbonyl (C=O) groups excluding carboxylic acids is 1. The highest BCUT2D eigenvalue weighted by molar-refractivity contribution is 5.82. The Morgan fingerprint density at radius 2 is 1.61 bits per heavy atom. The molecule has 1 aliphatic heterocycles. The van der Waals surface area contributed by atoms with Crippen LogP contribution in [0.15, 0.2) is 0 Å². The van der Waals surface area contributed by atoms with Crippen molar-refractivity contribution < 1.29 is 4.79 Å². The van der Waals surface area contributed by atoms with Crippen LogP contribution in [0.3, 0.4) is 0 Å². The number of amides is 1. The lowest BCUT2D eigenvalue weighted by molar-refractivity contribution is -0.126. The summed E-state index contributed by atoms with van der Waals surface area (Å²) in [5.41, 5.74) is 0. The predicted octanol–water partition coefficient (Wildman–Crippen LogP) is 1.54. The summed E-state index contributed by atoms with van der Waals surface area (Å²) >= 11 is 0. The summed E-state index contributed by atoms with van der Waals surface area (Å²) in [6, 6.07) is 0.0984. The van der Waals surface area contributed by atoms with E-state index in [-0.39, 0.29) is 11.9 Å². The SMILES string of the molecule is O=C1NCCNC1CC1C2CC3CC(C2)CC1C3. The molecule has 0 radical (unpaired) electrons. The van der Waals surface area contributed by atoms with Crippen molar-refractivity contribution in [2.75, 3.05) is 13.1 Å². The maximum absolute atomic E-state index is 11.9. The molecule has 0 aromatic rings. The monoisotopic (exact) mass is 248 g/mol. The number of nitrogens with one attached hydrogen (secondary N) is 2. The average Bonchev–Trinajstić information content (AvgIpc) is 2.35. The summed E-state index contributed by atoms with van der Waals surface area (Å²) in [7, 11) is 0. The van der Waals surface area contributed by atoms with E-state index < -0.39 is 0 Å². The van der Waals surface area contributed by atoms with Gasteiger partial charge < -0.3 is 10.6 Å². The van der Waals surface area contributed by atoms with Crippen LogP contribution >= 0.6 is 0 Å². The van der Waals surface area contributed by atoms with E-state index in [1.54, 1.807) is 0 Å². The molecule has 4 aliphatic carbocycles. The minimum absolute atomic E-state index is 0.0984. The van der Waals surface area contributed by atoms with Gasteiger partial charge in [0.2, 0.25) is 5.91 Å². The fraction of sp³-hybridized carbons (Fsp3) is 0.933. The summed E-state index contributed by atoms with van der Waals surface area (Å²) in [5.74, 6) is 5.04. The topological polar surface area (TPSA) is 41.1 Å². The lowest BCUT2D eigenvalue weighted by atomic mass is 9.51. The molecule has 1 unspecified atom stereocenters. The van der Waals surface area contributed by atoms with E-state index in [9.17, 15) is 4.79 Å². The van der Waals surface area contributed by atoms with E-state index in [0.29, 0.717) is 0 Å². The molecule has 2 N–H and O–H groups in total. The fourth-order valence-electron chi connectivity index (χ4n) is 5.53. The Balaban J connectivity index is 1.46. The third-order valence-corrected chi connectivity index (χ3v) is 6.06. The molecule has 0 aromatic carbocycles. The van der Waals surface area contributed by atoms with Gasteiger partial charge in [0.25, 0.3) is 0 Å². The van der Waals surface area contributed by atoms with Gasteiger partial charge in [0, 0.05) is 13.1 Å².